The van der Waals surface area contributed by atoms with E-state index in [1.54, 1.807) is 24.3 Å². The smallest absolute Gasteiger partial charge is 0.277 e. The summed E-state index contributed by atoms with van der Waals surface area (Å²) >= 11 is 1.21. The van der Waals surface area contributed by atoms with Crippen molar-refractivity contribution >= 4 is 17.5 Å². The highest BCUT2D eigenvalue weighted by atomic mass is 32.2. The van der Waals surface area contributed by atoms with Crippen LogP contribution in [0.15, 0.2) is 64.2 Å². The molecule has 116 valence electrons. The minimum absolute atomic E-state index is 0.00823. The van der Waals surface area contributed by atoms with Crippen LogP contribution in [0.5, 0.6) is 0 Å². The van der Waals surface area contributed by atoms with Gasteiger partial charge in [0.1, 0.15) is 5.82 Å². The molecule has 2 aromatic carbocycles. The van der Waals surface area contributed by atoms with Crippen LogP contribution in [-0.4, -0.2) is 21.7 Å². The lowest BCUT2D eigenvalue weighted by Gasteiger charge is -1.98. The predicted octanol–water partition coefficient (Wildman–Crippen LogP) is 3.77. The number of rotatable bonds is 6. The minimum atomic E-state index is -0.282. The van der Waals surface area contributed by atoms with E-state index in [0.29, 0.717) is 23.1 Å². The number of hydrogen-bond acceptors (Lipinski definition) is 5. The first kappa shape index (κ1) is 15.4. The molecule has 0 bridgehead atoms. The first-order valence-electron chi connectivity index (χ1n) is 6.98. The Hall–Kier alpha value is -2.47. The fraction of sp³-hybridized carbons (Fsp3) is 0.118. The third kappa shape index (κ3) is 4.26. The van der Waals surface area contributed by atoms with Gasteiger partial charge in [0.2, 0.25) is 5.89 Å². The van der Waals surface area contributed by atoms with E-state index in [2.05, 4.69) is 10.2 Å². The lowest BCUT2D eigenvalue weighted by molar-refractivity contribution is 0.102. The molecule has 3 aromatic rings. The zero-order chi connectivity index (χ0) is 16.1. The highest BCUT2D eigenvalue weighted by molar-refractivity contribution is 7.99. The molecule has 1 heterocycles. The van der Waals surface area contributed by atoms with Crippen LogP contribution in [0.4, 0.5) is 4.39 Å². The van der Waals surface area contributed by atoms with Gasteiger partial charge in [-0.25, -0.2) is 4.39 Å². The third-order valence-electron chi connectivity index (χ3n) is 3.14. The monoisotopic (exact) mass is 328 g/mol. The van der Waals surface area contributed by atoms with E-state index in [-0.39, 0.29) is 17.4 Å². The van der Waals surface area contributed by atoms with Crippen LogP contribution in [0.2, 0.25) is 0 Å². The quantitative estimate of drug-likeness (QED) is 0.509. The lowest BCUT2D eigenvalue weighted by atomic mass is 10.1. The van der Waals surface area contributed by atoms with Crippen molar-refractivity contribution in [2.45, 2.75) is 11.6 Å². The van der Waals surface area contributed by atoms with E-state index < -0.39 is 0 Å². The van der Waals surface area contributed by atoms with Crippen molar-refractivity contribution in [1.29, 1.82) is 0 Å². The van der Waals surface area contributed by atoms with Gasteiger partial charge in [-0.15, -0.1) is 10.2 Å². The number of aromatic nitrogens is 2. The van der Waals surface area contributed by atoms with Crippen LogP contribution in [0.3, 0.4) is 0 Å². The molecule has 0 aliphatic carbocycles. The lowest BCUT2D eigenvalue weighted by Crippen LogP contribution is -2.01. The molecule has 0 unspecified atom stereocenters. The van der Waals surface area contributed by atoms with Crippen LogP contribution >= 0.6 is 11.8 Å². The van der Waals surface area contributed by atoms with Gasteiger partial charge in [-0.2, -0.15) is 0 Å². The van der Waals surface area contributed by atoms with Gasteiger partial charge in [-0.1, -0.05) is 54.2 Å². The maximum Gasteiger partial charge on any atom is 0.277 e. The fourth-order valence-corrected chi connectivity index (χ4v) is 2.65. The first-order valence-corrected chi connectivity index (χ1v) is 7.97. The minimum Gasteiger partial charge on any atom is -0.416 e. The Morgan fingerprint density at radius 3 is 2.52 bits per heavy atom. The second kappa shape index (κ2) is 7.19. The number of Topliss-reactive ketones (excluding diaryl/α,β-unsaturated/α-hetero) is 1. The van der Waals surface area contributed by atoms with Crippen LogP contribution < -0.4 is 0 Å². The molecule has 0 atom stereocenters. The molecule has 0 fully saturated rings. The molecule has 3 rings (SSSR count). The third-order valence-corrected chi connectivity index (χ3v) is 3.96. The van der Waals surface area contributed by atoms with E-state index >= 15 is 0 Å². The van der Waals surface area contributed by atoms with Crippen LogP contribution in [0.1, 0.15) is 21.8 Å². The van der Waals surface area contributed by atoms with Crippen LogP contribution in [-0.2, 0) is 6.42 Å². The second-order valence-corrected chi connectivity index (χ2v) is 5.77. The van der Waals surface area contributed by atoms with Crippen molar-refractivity contribution in [2.24, 2.45) is 0 Å². The van der Waals surface area contributed by atoms with E-state index in [1.165, 1.54) is 23.9 Å². The van der Waals surface area contributed by atoms with Gasteiger partial charge in [-0.05, 0) is 17.7 Å². The summed E-state index contributed by atoms with van der Waals surface area (Å²) in [7, 11) is 0. The van der Waals surface area contributed by atoms with E-state index in [9.17, 15) is 9.18 Å². The topological polar surface area (TPSA) is 56.0 Å². The van der Waals surface area contributed by atoms with Crippen molar-refractivity contribution in [3.8, 4) is 0 Å². The summed E-state index contributed by atoms with van der Waals surface area (Å²) in [5.74, 6) is 0.400. The number of nitrogens with zero attached hydrogens (tertiary/aromatic N) is 2. The number of thioether (sulfide) groups is 1. The molecular weight excluding hydrogens is 315 g/mol. The maximum absolute atomic E-state index is 12.9. The zero-order valence-electron chi connectivity index (χ0n) is 12.1. The number of hydrogen-bond donors (Lipinski definition) is 0. The van der Waals surface area contributed by atoms with Crippen LogP contribution in [0.25, 0.3) is 0 Å². The molecule has 0 radical (unpaired) electrons. The standard InChI is InChI=1S/C17H13FN2O2S/c18-14-8-6-12(7-9-14)10-16-19-20-17(22-16)23-11-15(21)13-4-2-1-3-5-13/h1-9H,10-11H2. The van der Waals surface area contributed by atoms with Gasteiger partial charge >= 0.3 is 0 Å². The Kier molecular flexibility index (Phi) is 4.83. The number of carbonyl (C=O) groups is 1. The van der Waals surface area contributed by atoms with Gasteiger partial charge in [0, 0.05) is 5.56 Å². The molecule has 0 saturated carbocycles. The number of halogens is 1. The van der Waals surface area contributed by atoms with Crippen molar-refractivity contribution in [3.05, 3.63) is 77.4 Å². The van der Waals surface area contributed by atoms with E-state index in [4.69, 9.17) is 4.42 Å². The molecule has 0 saturated heterocycles. The summed E-state index contributed by atoms with van der Waals surface area (Å²) in [6, 6.07) is 15.2. The number of ketones is 1. The van der Waals surface area contributed by atoms with E-state index in [1.807, 2.05) is 18.2 Å². The van der Waals surface area contributed by atoms with Crippen molar-refractivity contribution in [3.63, 3.8) is 0 Å². The van der Waals surface area contributed by atoms with Gasteiger partial charge in [-0.3, -0.25) is 4.79 Å². The van der Waals surface area contributed by atoms with E-state index in [0.717, 1.165) is 5.56 Å². The molecule has 0 aliphatic heterocycles. The van der Waals surface area contributed by atoms with Crippen molar-refractivity contribution in [2.75, 3.05) is 5.75 Å². The molecule has 6 heteroatoms. The normalized spacial score (nSPS) is 10.7. The summed E-state index contributed by atoms with van der Waals surface area (Å²) < 4.78 is 18.4. The van der Waals surface area contributed by atoms with Gasteiger partial charge < -0.3 is 4.42 Å². The largest absolute Gasteiger partial charge is 0.416 e. The Morgan fingerprint density at radius 2 is 1.78 bits per heavy atom. The predicted molar refractivity (Wildman–Crippen MR) is 85.0 cm³/mol. The first-order chi connectivity index (χ1) is 11.2. The number of carbonyl (C=O) groups excluding carboxylic acids is 1. The molecule has 0 amide bonds. The SMILES string of the molecule is O=C(CSc1nnc(Cc2ccc(F)cc2)o1)c1ccccc1. The molecular formula is C17H13FN2O2S. The maximum atomic E-state index is 12.9. The van der Waals surface area contributed by atoms with Gasteiger partial charge in [0.15, 0.2) is 5.78 Å². The highest BCUT2D eigenvalue weighted by Gasteiger charge is 2.11. The highest BCUT2D eigenvalue weighted by Crippen LogP contribution is 2.19. The van der Waals surface area contributed by atoms with Gasteiger partial charge in [0.05, 0.1) is 12.2 Å². The fourth-order valence-electron chi connectivity index (χ4n) is 1.98. The Bertz CT molecular complexity index is 788. The Morgan fingerprint density at radius 1 is 1.04 bits per heavy atom. The average molecular weight is 328 g/mol. The summed E-state index contributed by atoms with van der Waals surface area (Å²) in [6.07, 6.45) is 0.431. The summed E-state index contributed by atoms with van der Waals surface area (Å²) in [4.78, 5) is 12.0. The molecule has 23 heavy (non-hydrogen) atoms. The summed E-state index contributed by atoms with van der Waals surface area (Å²) in [5, 5.41) is 8.21. The Balaban J connectivity index is 1.57. The molecule has 4 nitrogen and oxygen atoms in total. The second-order valence-electron chi connectivity index (χ2n) is 4.84. The summed E-state index contributed by atoms with van der Waals surface area (Å²) in [5.41, 5.74) is 1.54. The molecule has 1 aromatic heterocycles. The van der Waals surface area contributed by atoms with Crippen molar-refractivity contribution in [1.82, 2.24) is 10.2 Å². The molecule has 0 aliphatic rings. The molecule has 0 spiro atoms. The van der Waals surface area contributed by atoms with Crippen LogP contribution in [0, 0.1) is 5.82 Å². The summed E-state index contributed by atoms with van der Waals surface area (Å²) in [6.45, 7) is 0. The van der Waals surface area contributed by atoms with Gasteiger partial charge in [0.25, 0.3) is 5.22 Å². The zero-order valence-corrected chi connectivity index (χ0v) is 12.9. The average Bonchev–Trinajstić information content (AvgIpc) is 3.03. The molecule has 0 N–H and O–H groups in total. The number of benzene rings is 2. The Labute approximate surface area is 136 Å². The van der Waals surface area contributed by atoms with Crippen molar-refractivity contribution < 1.29 is 13.6 Å².